The number of fused-ring (bicyclic) bond motifs is 1. The molecule has 3 rings (SSSR count). The first-order valence-electron chi connectivity index (χ1n) is 6.25. The van der Waals surface area contributed by atoms with E-state index in [1.165, 1.54) is 6.07 Å². The number of aromatic hydroxyl groups is 1. The molecular weight excluding hydrogens is 255 g/mol. The van der Waals surface area contributed by atoms with Crippen molar-refractivity contribution in [2.45, 2.75) is 6.92 Å². The molecule has 0 fully saturated rings. The van der Waals surface area contributed by atoms with Crippen LogP contribution < -0.4 is 0 Å². The van der Waals surface area contributed by atoms with Crippen LogP contribution in [0, 0.1) is 12.7 Å². The fourth-order valence-corrected chi connectivity index (χ4v) is 2.15. The molecule has 0 radical (unpaired) electrons. The summed E-state index contributed by atoms with van der Waals surface area (Å²) in [6.07, 6.45) is 1.55. The summed E-state index contributed by atoms with van der Waals surface area (Å²) in [5.74, 6) is -0.230. The summed E-state index contributed by atoms with van der Waals surface area (Å²) in [6, 6.07) is 12.3. The highest BCUT2D eigenvalue weighted by Crippen LogP contribution is 2.27. The lowest BCUT2D eigenvalue weighted by atomic mass is 10.1. The zero-order valence-electron chi connectivity index (χ0n) is 10.9. The Morgan fingerprint density at radius 3 is 2.80 bits per heavy atom. The molecule has 0 atom stereocenters. The first-order valence-corrected chi connectivity index (χ1v) is 6.25. The van der Waals surface area contributed by atoms with E-state index >= 15 is 0 Å². The highest BCUT2D eigenvalue weighted by molar-refractivity contribution is 6.02. The molecule has 0 unspecified atom stereocenters. The van der Waals surface area contributed by atoms with Crippen LogP contribution in [0.15, 0.2) is 47.5 Å². The van der Waals surface area contributed by atoms with Gasteiger partial charge in [0.1, 0.15) is 5.82 Å². The summed E-state index contributed by atoms with van der Waals surface area (Å²) in [5, 5.41) is 10.8. The summed E-state index contributed by atoms with van der Waals surface area (Å²) in [4.78, 5) is 7.15. The Balaban J connectivity index is 2.07. The second-order valence-corrected chi connectivity index (χ2v) is 4.58. The lowest BCUT2D eigenvalue weighted by Crippen LogP contribution is -1.83. The van der Waals surface area contributed by atoms with Crippen LogP contribution in [0.3, 0.4) is 0 Å². The van der Waals surface area contributed by atoms with E-state index in [4.69, 9.17) is 0 Å². The van der Waals surface area contributed by atoms with Gasteiger partial charge >= 0.3 is 0 Å². The Bertz CT molecular complexity index is 805. The Hall–Kier alpha value is -2.62. The van der Waals surface area contributed by atoms with Crippen molar-refractivity contribution in [2.24, 2.45) is 4.99 Å². The Kier molecular flexibility index (Phi) is 2.99. The maximum Gasteiger partial charge on any atom is 0.198 e. The Labute approximate surface area is 115 Å². The predicted octanol–water partition coefficient (Wildman–Crippen LogP) is 4.07. The first-order chi connectivity index (χ1) is 9.66. The minimum atomic E-state index is -0.289. The molecule has 0 bridgehead atoms. The highest BCUT2D eigenvalue weighted by Gasteiger charge is 2.08. The SMILES string of the molecule is Cc1c(F)cccc1N=Cc1c(O)[nH]c2ccccc12. The van der Waals surface area contributed by atoms with Crippen molar-refractivity contribution in [3.05, 3.63) is 59.4 Å². The van der Waals surface area contributed by atoms with Gasteiger partial charge in [0, 0.05) is 22.7 Å². The van der Waals surface area contributed by atoms with E-state index in [1.807, 2.05) is 24.3 Å². The molecule has 1 heterocycles. The van der Waals surface area contributed by atoms with Gasteiger partial charge in [0.25, 0.3) is 0 Å². The second kappa shape index (κ2) is 4.81. The normalized spacial score (nSPS) is 11.5. The molecule has 3 aromatic rings. The standard InChI is InChI=1S/C16H13FN2O/c1-10-13(17)6-4-8-14(10)18-9-12-11-5-2-3-7-15(11)19-16(12)20/h2-9,19-20H,1H3. The molecule has 100 valence electrons. The predicted molar refractivity (Wildman–Crippen MR) is 78.4 cm³/mol. The summed E-state index contributed by atoms with van der Waals surface area (Å²) < 4.78 is 13.4. The largest absolute Gasteiger partial charge is 0.494 e. The van der Waals surface area contributed by atoms with E-state index in [-0.39, 0.29) is 11.7 Å². The molecule has 4 heteroatoms. The molecule has 0 aliphatic heterocycles. The zero-order chi connectivity index (χ0) is 14.1. The van der Waals surface area contributed by atoms with Gasteiger partial charge in [-0.1, -0.05) is 24.3 Å². The van der Waals surface area contributed by atoms with Gasteiger partial charge < -0.3 is 10.1 Å². The number of benzene rings is 2. The van der Waals surface area contributed by atoms with Gasteiger partial charge in [0.05, 0.1) is 11.3 Å². The van der Waals surface area contributed by atoms with E-state index in [0.29, 0.717) is 16.8 Å². The van der Waals surface area contributed by atoms with Crippen LogP contribution in [-0.2, 0) is 0 Å². The molecule has 1 aromatic heterocycles. The van der Waals surface area contributed by atoms with Gasteiger partial charge in [-0.3, -0.25) is 4.99 Å². The van der Waals surface area contributed by atoms with Crippen molar-refractivity contribution >= 4 is 22.8 Å². The van der Waals surface area contributed by atoms with Gasteiger partial charge in [0.2, 0.25) is 0 Å². The number of para-hydroxylation sites is 1. The third kappa shape index (κ3) is 2.05. The van der Waals surface area contributed by atoms with E-state index in [0.717, 1.165) is 10.9 Å². The smallest absolute Gasteiger partial charge is 0.198 e. The summed E-state index contributed by atoms with van der Waals surface area (Å²) in [5.41, 5.74) is 2.48. The van der Waals surface area contributed by atoms with Crippen LogP contribution >= 0.6 is 0 Å². The molecule has 20 heavy (non-hydrogen) atoms. The van der Waals surface area contributed by atoms with Gasteiger partial charge in [-0.15, -0.1) is 0 Å². The molecule has 3 nitrogen and oxygen atoms in total. The zero-order valence-corrected chi connectivity index (χ0v) is 10.9. The molecule has 0 spiro atoms. The van der Waals surface area contributed by atoms with Crippen LogP contribution in [0.1, 0.15) is 11.1 Å². The summed E-state index contributed by atoms with van der Waals surface area (Å²) in [6.45, 7) is 1.68. The van der Waals surface area contributed by atoms with Crippen LogP contribution in [-0.4, -0.2) is 16.3 Å². The third-order valence-corrected chi connectivity index (χ3v) is 3.30. The number of halogens is 1. The fourth-order valence-electron chi connectivity index (χ4n) is 2.15. The Morgan fingerprint density at radius 2 is 1.95 bits per heavy atom. The highest BCUT2D eigenvalue weighted by atomic mass is 19.1. The number of aromatic amines is 1. The number of hydrogen-bond acceptors (Lipinski definition) is 2. The number of H-pyrrole nitrogens is 1. The lowest BCUT2D eigenvalue weighted by molar-refractivity contribution is 0.457. The van der Waals surface area contributed by atoms with E-state index < -0.39 is 0 Å². The molecule has 0 saturated carbocycles. The van der Waals surface area contributed by atoms with Crippen molar-refractivity contribution in [1.82, 2.24) is 4.98 Å². The second-order valence-electron chi connectivity index (χ2n) is 4.58. The lowest BCUT2D eigenvalue weighted by Gasteiger charge is -2.00. The van der Waals surface area contributed by atoms with Gasteiger partial charge in [0.15, 0.2) is 5.88 Å². The summed E-state index contributed by atoms with van der Waals surface area (Å²) >= 11 is 0. The Morgan fingerprint density at radius 1 is 1.15 bits per heavy atom. The van der Waals surface area contributed by atoms with Gasteiger partial charge in [-0.2, -0.15) is 0 Å². The van der Waals surface area contributed by atoms with Gasteiger partial charge in [-0.05, 0) is 25.1 Å². The van der Waals surface area contributed by atoms with Crippen molar-refractivity contribution in [3.8, 4) is 5.88 Å². The summed E-state index contributed by atoms with van der Waals surface area (Å²) in [7, 11) is 0. The molecule has 0 saturated heterocycles. The quantitative estimate of drug-likeness (QED) is 0.676. The third-order valence-electron chi connectivity index (χ3n) is 3.30. The minimum absolute atomic E-state index is 0.0593. The molecule has 0 aliphatic carbocycles. The molecule has 2 aromatic carbocycles. The van der Waals surface area contributed by atoms with Crippen molar-refractivity contribution in [2.75, 3.05) is 0 Å². The number of aliphatic imine (C=N–C) groups is 1. The molecule has 0 aliphatic rings. The maximum absolute atomic E-state index is 13.4. The molecular formula is C16H13FN2O. The van der Waals surface area contributed by atoms with Crippen LogP contribution in [0.5, 0.6) is 5.88 Å². The number of nitrogens with one attached hydrogen (secondary N) is 1. The monoisotopic (exact) mass is 268 g/mol. The number of nitrogens with zero attached hydrogens (tertiary/aromatic N) is 1. The first kappa shape index (κ1) is 12.4. The topological polar surface area (TPSA) is 48.4 Å². The van der Waals surface area contributed by atoms with Gasteiger partial charge in [-0.25, -0.2) is 4.39 Å². The van der Waals surface area contributed by atoms with Crippen molar-refractivity contribution < 1.29 is 9.50 Å². The number of rotatable bonds is 2. The van der Waals surface area contributed by atoms with E-state index in [2.05, 4.69) is 9.98 Å². The molecule has 2 N–H and O–H groups in total. The van der Waals surface area contributed by atoms with Crippen LogP contribution in [0.2, 0.25) is 0 Å². The van der Waals surface area contributed by atoms with E-state index in [1.54, 1.807) is 25.3 Å². The average molecular weight is 268 g/mol. The maximum atomic E-state index is 13.4. The fraction of sp³-hybridized carbons (Fsp3) is 0.0625. The average Bonchev–Trinajstić information content (AvgIpc) is 2.76. The van der Waals surface area contributed by atoms with Crippen molar-refractivity contribution in [3.63, 3.8) is 0 Å². The minimum Gasteiger partial charge on any atom is -0.494 e. The number of hydrogen-bond donors (Lipinski definition) is 2. The van der Waals surface area contributed by atoms with Crippen molar-refractivity contribution in [1.29, 1.82) is 0 Å². The van der Waals surface area contributed by atoms with Crippen LogP contribution in [0.25, 0.3) is 10.9 Å². The number of aromatic nitrogens is 1. The van der Waals surface area contributed by atoms with E-state index in [9.17, 15) is 9.50 Å². The molecule has 0 amide bonds. The van der Waals surface area contributed by atoms with Crippen LogP contribution in [0.4, 0.5) is 10.1 Å².